The second kappa shape index (κ2) is 12.0. The van der Waals surface area contributed by atoms with Gasteiger partial charge < -0.3 is 14.8 Å². The molecule has 0 aromatic heterocycles. The van der Waals surface area contributed by atoms with Crippen molar-refractivity contribution in [1.82, 2.24) is 5.32 Å². The fourth-order valence-corrected chi connectivity index (χ4v) is 5.27. The number of nitrogens with one attached hydrogen (secondary N) is 1. The highest BCUT2D eigenvalue weighted by Gasteiger charge is 2.36. The number of carbonyl (C=O) groups excluding carboxylic acids is 2. The fourth-order valence-electron chi connectivity index (χ4n) is 5.27. The first-order valence-corrected chi connectivity index (χ1v) is 13.9. The van der Waals surface area contributed by atoms with E-state index in [0.717, 1.165) is 0 Å². The second-order valence-corrected chi connectivity index (χ2v) is 13.2. The molecule has 1 saturated heterocycles. The summed E-state index contributed by atoms with van der Waals surface area (Å²) in [6.45, 7) is 17.8. The van der Waals surface area contributed by atoms with Crippen LogP contribution in [0.3, 0.4) is 0 Å². The van der Waals surface area contributed by atoms with Gasteiger partial charge in [0.2, 0.25) is 0 Å². The summed E-state index contributed by atoms with van der Waals surface area (Å²) in [5, 5.41) is 3.64. The summed E-state index contributed by atoms with van der Waals surface area (Å²) >= 11 is 0. The van der Waals surface area contributed by atoms with Crippen molar-refractivity contribution in [3.63, 3.8) is 0 Å². The number of ether oxygens (including phenoxy) is 2. The third-order valence-electron chi connectivity index (χ3n) is 7.79. The molecule has 38 heavy (non-hydrogen) atoms. The minimum atomic E-state index is -0.493. The van der Waals surface area contributed by atoms with Gasteiger partial charge in [0.15, 0.2) is 0 Å². The van der Waals surface area contributed by atoms with Gasteiger partial charge in [-0.15, -0.1) is 0 Å². The molecule has 0 spiro atoms. The lowest BCUT2D eigenvalue weighted by atomic mass is 9.80. The van der Waals surface area contributed by atoms with E-state index in [2.05, 4.69) is 95.4 Å². The quantitative estimate of drug-likeness (QED) is 0.401. The summed E-state index contributed by atoms with van der Waals surface area (Å²) in [5.41, 5.74) is 5.28. The van der Waals surface area contributed by atoms with E-state index in [9.17, 15) is 9.59 Å². The van der Waals surface area contributed by atoms with Gasteiger partial charge in [-0.3, -0.25) is 9.59 Å². The molecule has 0 amide bonds. The van der Waals surface area contributed by atoms with Gasteiger partial charge in [0.1, 0.15) is 6.10 Å². The first kappa shape index (κ1) is 29.9. The third-order valence-corrected chi connectivity index (χ3v) is 7.79. The number of methoxy groups -OCH3 is 1. The SMILES string of the molecule is COC(=O)[C@@H](CC(=O)O[C@H]1CN[C@@H](C(c2ccc(C(C)(C)C)cc2)c2ccc(C(C)(C)C)cc2)C1)C(C)C. The van der Waals surface area contributed by atoms with Crippen LogP contribution >= 0.6 is 0 Å². The molecule has 2 aromatic rings. The Bertz CT molecular complexity index is 1020. The Kier molecular flexibility index (Phi) is 9.46. The molecule has 1 aliphatic heterocycles. The molecule has 0 bridgehead atoms. The van der Waals surface area contributed by atoms with Crippen molar-refractivity contribution in [2.45, 2.75) is 97.1 Å². The number of esters is 2. The highest BCUT2D eigenvalue weighted by atomic mass is 16.5. The van der Waals surface area contributed by atoms with Crippen LogP contribution in [0, 0.1) is 11.8 Å². The van der Waals surface area contributed by atoms with E-state index >= 15 is 0 Å². The molecule has 0 saturated carbocycles. The van der Waals surface area contributed by atoms with Crippen LogP contribution in [0.1, 0.15) is 96.4 Å². The van der Waals surface area contributed by atoms with Crippen molar-refractivity contribution in [2.75, 3.05) is 13.7 Å². The van der Waals surface area contributed by atoms with E-state index in [0.29, 0.717) is 13.0 Å². The van der Waals surface area contributed by atoms with Gasteiger partial charge in [0.05, 0.1) is 19.4 Å². The van der Waals surface area contributed by atoms with Gasteiger partial charge in [0.25, 0.3) is 0 Å². The number of benzene rings is 2. The molecule has 0 radical (unpaired) electrons. The van der Waals surface area contributed by atoms with Crippen molar-refractivity contribution in [1.29, 1.82) is 0 Å². The molecule has 5 nitrogen and oxygen atoms in total. The summed E-state index contributed by atoms with van der Waals surface area (Å²) in [6.07, 6.45) is 0.517. The van der Waals surface area contributed by atoms with Crippen LogP contribution in [-0.4, -0.2) is 37.7 Å². The minimum absolute atomic E-state index is 0.000900. The Hall–Kier alpha value is -2.66. The predicted molar refractivity (Wildman–Crippen MR) is 153 cm³/mol. The summed E-state index contributed by atoms with van der Waals surface area (Å²) in [4.78, 5) is 24.9. The molecule has 5 heteroatoms. The van der Waals surface area contributed by atoms with Gasteiger partial charge in [0, 0.05) is 24.9 Å². The number of carbonyl (C=O) groups is 2. The van der Waals surface area contributed by atoms with Crippen LogP contribution in [0.15, 0.2) is 48.5 Å². The molecular weight excluding hydrogens is 474 g/mol. The lowest BCUT2D eigenvalue weighted by molar-refractivity contribution is -0.157. The van der Waals surface area contributed by atoms with Crippen molar-refractivity contribution in [2.24, 2.45) is 11.8 Å². The van der Waals surface area contributed by atoms with Crippen LogP contribution in [0.2, 0.25) is 0 Å². The third kappa shape index (κ3) is 7.47. The largest absolute Gasteiger partial charge is 0.469 e. The summed E-state index contributed by atoms with van der Waals surface area (Å²) < 4.78 is 10.7. The maximum absolute atomic E-state index is 12.8. The smallest absolute Gasteiger partial charge is 0.309 e. The molecule has 1 N–H and O–H groups in total. The van der Waals surface area contributed by atoms with Crippen LogP contribution in [-0.2, 0) is 29.9 Å². The number of rotatable bonds is 8. The van der Waals surface area contributed by atoms with E-state index in [4.69, 9.17) is 9.47 Å². The molecular formula is C33H47NO4. The highest BCUT2D eigenvalue weighted by molar-refractivity contribution is 5.80. The highest BCUT2D eigenvalue weighted by Crippen LogP contribution is 2.35. The molecule has 3 rings (SSSR count). The maximum atomic E-state index is 12.8. The molecule has 0 unspecified atom stereocenters. The molecule has 208 valence electrons. The topological polar surface area (TPSA) is 64.6 Å². The molecule has 3 atom stereocenters. The normalized spacial score (nSPS) is 19.0. The fraction of sp³-hybridized carbons (Fsp3) is 0.576. The molecule has 1 aliphatic rings. The lowest BCUT2D eigenvalue weighted by Crippen LogP contribution is -2.30. The zero-order chi connectivity index (χ0) is 28.3. The zero-order valence-corrected chi connectivity index (χ0v) is 24.8. The van der Waals surface area contributed by atoms with Gasteiger partial charge in [-0.05, 0) is 39.0 Å². The standard InChI is InChI=1S/C33H47NO4/c1-21(2)27(31(36)37-9)19-29(35)38-26-18-28(34-20-26)30(22-10-14-24(15-11-22)32(3,4)5)23-12-16-25(17-13-23)33(6,7)8/h10-17,21,26-28,30,34H,18-20H2,1-9H3/t26-,27+,28-/m1/s1. The van der Waals surface area contributed by atoms with E-state index in [-0.39, 0.29) is 53.2 Å². The lowest BCUT2D eigenvalue weighted by Gasteiger charge is -2.27. The molecule has 0 aliphatic carbocycles. The predicted octanol–water partition coefficient (Wildman–Crippen LogP) is 6.52. The van der Waals surface area contributed by atoms with E-state index < -0.39 is 5.92 Å². The maximum Gasteiger partial charge on any atom is 0.309 e. The van der Waals surface area contributed by atoms with Gasteiger partial charge in [-0.25, -0.2) is 0 Å². The number of hydrogen-bond donors (Lipinski definition) is 1. The second-order valence-electron chi connectivity index (χ2n) is 13.2. The van der Waals surface area contributed by atoms with Crippen molar-refractivity contribution < 1.29 is 19.1 Å². The molecule has 2 aromatic carbocycles. The van der Waals surface area contributed by atoms with Crippen LogP contribution in [0.5, 0.6) is 0 Å². The average Bonchev–Trinajstić information content (AvgIpc) is 3.29. The van der Waals surface area contributed by atoms with E-state index in [1.54, 1.807) is 0 Å². The Morgan fingerprint density at radius 1 is 0.868 bits per heavy atom. The Balaban J connectivity index is 1.81. The average molecular weight is 522 g/mol. The van der Waals surface area contributed by atoms with Crippen LogP contribution in [0.4, 0.5) is 0 Å². The van der Waals surface area contributed by atoms with Crippen molar-refractivity contribution in [3.05, 3.63) is 70.8 Å². The summed E-state index contributed by atoms with van der Waals surface area (Å²) in [5.74, 6) is -1.08. The van der Waals surface area contributed by atoms with E-state index in [1.807, 2.05) is 13.8 Å². The first-order chi connectivity index (χ1) is 17.7. The van der Waals surface area contributed by atoms with Crippen LogP contribution in [0.25, 0.3) is 0 Å². The van der Waals surface area contributed by atoms with Gasteiger partial charge >= 0.3 is 11.9 Å². The summed E-state index contributed by atoms with van der Waals surface area (Å²) in [7, 11) is 1.36. The van der Waals surface area contributed by atoms with Crippen molar-refractivity contribution >= 4 is 11.9 Å². The zero-order valence-electron chi connectivity index (χ0n) is 24.8. The summed E-state index contributed by atoms with van der Waals surface area (Å²) in [6, 6.07) is 18.0. The number of hydrogen-bond acceptors (Lipinski definition) is 5. The van der Waals surface area contributed by atoms with Gasteiger partial charge in [-0.1, -0.05) is 104 Å². The van der Waals surface area contributed by atoms with E-state index in [1.165, 1.54) is 29.4 Å². The first-order valence-electron chi connectivity index (χ1n) is 13.9. The van der Waals surface area contributed by atoms with Gasteiger partial charge in [-0.2, -0.15) is 0 Å². The Morgan fingerprint density at radius 2 is 1.34 bits per heavy atom. The van der Waals surface area contributed by atoms with Crippen molar-refractivity contribution in [3.8, 4) is 0 Å². The van der Waals surface area contributed by atoms with Crippen LogP contribution < -0.4 is 5.32 Å². The minimum Gasteiger partial charge on any atom is -0.469 e. The molecule has 1 fully saturated rings. The monoisotopic (exact) mass is 521 g/mol. The Labute approximate surface area is 229 Å². The molecule has 1 heterocycles. The Morgan fingerprint density at radius 3 is 1.74 bits per heavy atom.